The van der Waals surface area contributed by atoms with Crippen LogP contribution in [0.25, 0.3) is 0 Å². The van der Waals surface area contributed by atoms with Gasteiger partial charge in [-0.3, -0.25) is 0 Å². The maximum Gasteiger partial charge on any atom is 0.319 e. The van der Waals surface area contributed by atoms with Gasteiger partial charge in [0, 0.05) is 17.6 Å². The minimum absolute atomic E-state index is 0.102. The number of aliphatic hydroxyl groups is 1. The topological polar surface area (TPSA) is 61.4 Å². The van der Waals surface area contributed by atoms with E-state index in [1.54, 1.807) is 18.2 Å². The first-order valence-electron chi connectivity index (χ1n) is 5.65. The van der Waals surface area contributed by atoms with Crippen molar-refractivity contribution in [3.63, 3.8) is 0 Å². The first kappa shape index (κ1) is 13.5. The molecule has 1 saturated carbocycles. The van der Waals surface area contributed by atoms with Crippen molar-refractivity contribution in [2.24, 2.45) is 5.41 Å². The van der Waals surface area contributed by atoms with Crippen molar-refractivity contribution in [1.29, 1.82) is 0 Å². The Morgan fingerprint density at radius 3 is 2.61 bits per heavy atom. The molecule has 1 aromatic rings. The molecule has 2 amide bonds. The molecule has 2 rings (SSSR count). The largest absolute Gasteiger partial charge is 0.396 e. The van der Waals surface area contributed by atoms with Crippen LogP contribution in [-0.4, -0.2) is 24.3 Å². The summed E-state index contributed by atoms with van der Waals surface area (Å²) in [5, 5.41) is 15.4. The molecule has 0 unspecified atom stereocenters. The molecule has 0 bridgehead atoms. The molecule has 0 atom stereocenters. The Bertz CT molecular complexity index is 461. The number of hydrogen-bond donors (Lipinski definition) is 3. The molecule has 0 heterocycles. The van der Waals surface area contributed by atoms with E-state index >= 15 is 0 Å². The van der Waals surface area contributed by atoms with E-state index in [0.717, 1.165) is 12.8 Å². The zero-order valence-electron chi connectivity index (χ0n) is 9.67. The fraction of sp³-hybridized carbons (Fsp3) is 0.417. The zero-order chi connectivity index (χ0) is 13.2. The molecule has 18 heavy (non-hydrogen) atoms. The number of rotatable bonds is 4. The Balaban J connectivity index is 1.85. The smallest absolute Gasteiger partial charge is 0.319 e. The minimum atomic E-state index is -0.312. The second-order valence-corrected chi connectivity index (χ2v) is 5.41. The average molecular weight is 289 g/mol. The van der Waals surface area contributed by atoms with Gasteiger partial charge in [0.2, 0.25) is 0 Å². The third kappa shape index (κ3) is 3.28. The molecule has 1 fully saturated rings. The Morgan fingerprint density at radius 1 is 1.33 bits per heavy atom. The number of urea groups is 1. The lowest BCUT2D eigenvalue weighted by Crippen LogP contribution is -2.35. The molecule has 98 valence electrons. The van der Waals surface area contributed by atoms with Crippen LogP contribution in [0.15, 0.2) is 18.2 Å². The maximum atomic E-state index is 11.6. The van der Waals surface area contributed by atoms with Gasteiger partial charge in [-0.2, -0.15) is 0 Å². The predicted octanol–water partition coefficient (Wildman–Crippen LogP) is 2.89. The lowest BCUT2D eigenvalue weighted by atomic mass is 10.1. The monoisotopic (exact) mass is 288 g/mol. The first-order chi connectivity index (χ1) is 8.54. The van der Waals surface area contributed by atoms with Gasteiger partial charge < -0.3 is 15.7 Å². The van der Waals surface area contributed by atoms with Crippen LogP contribution in [0.2, 0.25) is 10.0 Å². The van der Waals surface area contributed by atoms with E-state index in [-0.39, 0.29) is 18.1 Å². The van der Waals surface area contributed by atoms with Crippen molar-refractivity contribution in [2.45, 2.75) is 12.8 Å². The first-order valence-corrected chi connectivity index (χ1v) is 6.41. The van der Waals surface area contributed by atoms with E-state index in [1.165, 1.54) is 0 Å². The SMILES string of the molecule is O=C(NCC1(CO)CC1)Nc1ccc(Cl)c(Cl)c1. The number of benzene rings is 1. The molecule has 1 aromatic carbocycles. The highest BCUT2D eigenvalue weighted by Gasteiger charge is 2.42. The van der Waals surface area contributed by atoms with Gasteiger partial charge in [-0.05, 0) is 31.0 Å². The summed E-state index contributed by atoms with van der Waals surface area (Å²) < 4.78 is 0. The van der Waals surface area contributed by atoms with Gasteiger partial charge >= 0.3 is 6.03 Å². The van der Waals surface area contributed by atoms with Gasteiger partial charge in [-0.1, -0.05) is 23.2 Å². The highest BCUT2D eigenvalue weighted by Crippen LogP contribution is 2.44. The van der Waals surface area contributed by atoms with Crippen molar-refractivity contribution in [1.82, 2.24) is 5.32 Å². The normalized spacial score (nSPS) is 16.2. The van der Waals surface area contributed by atoms with Crippen molar-refractivity contribution in [3.8, 4) is 0 Å². The lowest BCUT2D eigenvalue weighted by Gasteiger charge is -2.13. The third-order valence-electron chi connectivity index (χ3n) is 3.09. The van der Waals surface area contributed by atoms with Crippen molar-refractivity contribution >= 4 is 34.9 Å². The van der Waals surface area contributed by atoms with Crippen LogP contribution in [0.1, 0.15) is 12.8 Å². The van der Waals surface area contributed by atoms with Crippen LogP contribution < -0.4 is 10.6 Å². The molecule has 4 nitrogen and oxygen atoms in total. The van der Waals surface area contributed by atoms with E-state index < -0.39 is 0 Å². The van der Waals surface area contributed by atoms with Crippen molar-refractivity contribution < 1.29 is 9.90 Å². The van der Waals surface area contributed by atoms with Crippen LogP contribution in [0.3, 0.4) is 0 Å². The van der Waals surface area contributed by atoms with Crippen LogP contribution in [0.5, 0.6) is 0 Å². The summed E-state index contributed by atoms with van der Waals surface area (Å²) >= 11 is 11.6. The highest BCUT2D eigenvalue weighted by molar-refractivity contribution is 6.42. The van der Waals surface area contributed by atoms with Crippen molar-refractivity contribution in [2.75, 3.05) is 18.5 Å². The number of aliphatic hydroxyl groups excluding tert-OH is 1. The molecule has 1 aliphatic rings. The van der Waals surface area contributed by atoms with E-state index in [4.69, 9.17) is 28.3 Å². The van der Waals surface area contributed by atoms with E-state index in [9.17, 15) is 4.79 Å². The number of hydrogen-bond acceptors (Lipinski definition) is 2. The highest BCUT2D eigenvalue weighted by atomic mass is 35.5. The maximum absolute atomic E-state index is 11.6. The van der Waals surface area contributed by atoms with Gasteiger partial charge in [0.1, 0.15) is 0 Å². The molecule has 0 aliphatic heterocycles. The molecule has 0 radical (unpaired) electrons. The van der Waals surface area contributed by atoms with Gasteiger partial charge in [0.25, 0.3) is 0 Å². The number of amides is 2. The second kappa shape index (κ2) is 5.34. The van der Waals surface area contributed by atoms with Crippen LogP contribution in [0, 0.1) is 5.41 Å². The fourth-order valence-electron chi connectivity index (χ4n) is 1.58. The fourth-order valence-corrected chi connectivity index (χ4v) is 1.88. The molecule has 1 aliphatic carbocycles. The Labute approximate surface area is 115 Å². The zero-order valence-corrected chi connectivity index (χ0v) is 11.2. The molecule has 0 aromatic heterocycles. The summed E-state index contributed by atoms with van der Waals surface area (Å²) in [6.07, 6.45) is 1.91. The molecule has 3 N–H and O–H groups in total. The van der Waals surface area contributed by atoms with E-state index in [1.807, 2.05) is 0 Å². The summed E-state index contributed by atoms with van der Waals surface area (Å²) in [6, 6.07) is 4.57. The minimum Gasteiger partial charge on any atom is -0.396 e. The lowest BCUT2D eigenvalue weighted by molar-refractivity contribution is 0.206. The number of anilines is 1. The standard InChI is InChI=1S/C12H14Cl2N2O2/c13-9-2-1-8(5-10(9)14)16-11(18)15-6-12(7-17)3-4-12/h1-2,5,17H,3-4,6-7H2,(H2,15,16,18). The Hall–Kier alpha value is -0.970. The molecular weight excluding hydrogens is 275 g/mol. The summed E-state index contributed by atoms with van der Waals surface area (Å²) in [5.74, 6) is 0. The second-order valence-electron chi connectivity index (χ2n) is 4.59. The summed E-state index contributed by atoms with van der Waals surface area (Å²) in [4.78, 5) is 11.6. The average Bonchev–Trinajstić information content (AvgIpc) is 3.12. The quantitative estimate of drug-likeness (QED) is 0.798. The Kier molecular flexibility index (Phi) is 4.00. The summed E-state index contributed by atoms with van der Waals surface area (Å²) in [7, 11) is 0. The van der Waals surface area contributed by atoms with Crippen LogP contribution >= 0.6 is 23.2 Å². The number of nitrogens with one attached hydrogen (secondary N) is 2. The number of halogens is 2. The van der Waals surface area contributed by atoms with E-state index in [2.05, 4.69) is 10.6 Å². The molecular formula is C12H14Cl2N2O2. The molecule has 0 spiro atoms. The van der Waals surface area contributed by atoms with Gasteiger partial charge in [0.15, 0.2) is 0 Å². The summed E-state index contributed by atoms with van der Waals surface area (Å²) in [6.45, 7) is 0.594. The molecule has 0 saturated heterocycles. The number of carbonyl (C=O) groups is 1. The van der Waals surface area contributed by atoms with E-state index in [0.29, 0.717) is 22.3 Å². The molecule has 6 heteroatoms. The number of carbonyl (C=O) groups excluding carboxylic acids is 1. The predicted molar refractivity (Wildman–Crippen MR) is 72.2 cm³/mol. The van der Waals surface area contributed by atoms with Gasteiger partial charge in [-0.15, -0.1) is 0 Å². The summed E-state index contributed by atoms with van der Waals surface area (Å²) in [5.41, 5.74) is 0.477. The Morgan fingerprint density at radius 2 is 2.06 bits per heavy atom. The van der Waals surface area contributed by atoms with Gasteiger partial charge in [0.05, 0.1) is 16.7 Å². The third-order valence-corrected chi connectivity index (χ3v) is 3.83. The van der Waals surface area contributed by atoms with Crippen LogP contribution in [0.4, 0.5) is 10.5 Å². The van der Waals surface area contributed by atoms with Gasteiger partial charge in [-0.25, -0.2) is 4.79 Å². The van der Waals surface area contributed by atoms with Crippen molar-refractivity contribution in [3.05, 3.63) is 28.2 Å². The van der Waals surface area contributed by atoms with Crippen LogP contribution in [-0.2, 0) is 0 Å².